The van der Waals surface area contributed by atoms with Gasteiger partial charge in [0.25, 0.3) is 0 Å². The highest BCUT2D eigenvalue weighted by Crippen LogP contribution is 2.34. The molecule has 26 heavy (non-hydrogen) atoms. The van der Waals surface area contributed by atoms with Crippen LogP contribution in [0.3, 0.4) is 0 Å². The third-order valence-corrected chi connectivity index (χ3v) is 4.62. The Morgan fingerprint density at radius 3 is 2.73 bits per heavy atom. The van der Waals surface area contributed by atoms with Gasteiger partial charge in [-0.2, -0.15) is 0 Å². The summed E-state index contributed by atoms with van der Waals surface area (Å²) in [4.78, 5) is 16.6. The Balaban J connectivity index is 0.00000121. The highest BCUT2D eigenvalue weighted by molar-refractivity contribution is 5.85. The van der Waals surface area contributed by atoms with Crippen molar-refractivity contribution in [3.63, 3.8) is 0 Å². The third kappa shape index (κ3) is 4.63. The lowest BCUT2D eigenvalue weighted by Crippen LogP contribution is -2.35. The first-order chi connectivity index (χ1) is 11.8. The van der Waals surface area contributed by atoms with Crippen molar-refractivity contribution in [2.45, 2.75) is 37.6 Å². The van der Waals surface area contributed by atoms with Crippen LogP contribution < -0.4 is 11.1 Å². The van der Waals surface area contributed by atoms with Gasteiger partial charge in [-0.1, -0.05) is 12.1 Å². The molecule has 1 aromatic carbocycles. The van der Waals surface area contributed by atoms with E-state index in [1.54, 1.807) is 6.33 Å². The van der Waals surface area contributed by atoms with E-state index in [4.69, 9.17) is 5.73 Å². The Hall–Kier alpha value is -1.89. The minimum atomic E-state index is 0. The average Bonchev–Trinajstić information content (AvgIpc) is 2.99. The lowest BCUT2D eigenvalue weighted by Gasteiger charge is -2.31. The Morgan fingerprint density at radius 2 is 1.96 bits per heavy atom. The Morgan fingerprint density at radius 1 is 1.15 bits per heavy atom. The number of para-hydroxylation sites is 2. The van der Waals surface area contributed by atoms with Crippen LogP contribution in [-0.2, 0) is 6.42 Å². The molecule has 4 rings (SSSR count). The molecular formula is C18H24Cl2N6. The van der Waals surface area contributed by atoms with Crippen molar-refractivity contribution >= 4 is 41.7 Å². The van der Waals surface area contributed by atoms with Gasteiger partial charge in [0.15, 0.2) is 0 Å². The van der Waals surface area contributed by atoms with Crippen LogP contribution >= 0.6 is 24.8 Å². The first-order valence-electron chi connectivity index (χ1n) is 8.53. The highest BCUT2D eigenvalue weighted by atomic mass is 35.5. The number of nitrogens with one attached hydrogen (secondary N) is 2. The highest BCUT2D eigenvalue weighted by Gasteiger charge is 2.28. The summed E-state index contributed by atoms with van der Waals surface area (Å²) in [7, 11) is 0. The van der Waals surface area contributed by atoms with Crippen LogP contribution in [-0.4, -0.2) is 32.5 Å². The number of anilines is 1. The minimum Gasteiger partial charge on any atom is -0.370 e. The molecule has 6 nitrogen and oxygen atoms in total. The molecule has 0 spiro atoms. The van der Waals surface area contributed by atoms with E-state index in [-0.39, 0.29) is 24.8 Å². The second-order valence-corrected chi connectivity index (χ2v) is 6.49. The van der Waals surface area contributed by atoms with Crippen molar-refractivity contribution in [2.75, 3.05) is 11.9 Å². The molecule has 2 aromatic heterocycles. The Kier molecular flexibility index (Phi) is 7.20. The number of aromatic nitrogens is 4. The molecule has 0 unspecified atom stereocenters. The van der Waals surface area contributed by atoms with Gasteiger partial charge in [0, 0.05) is 36.7 Å². The smallest absolute Gasteiger partial charge is 0.129 e. The summed E-state index contributed by atoms with van der Waals surface area (Å²) in [5.74, 6) is 2.43. The van der Waals surface area contributed by atoms with Crippen LogP contribution in [0, 0.1) is 0 Å². The van der Waals surface area contributed by atoms with Gasteiger partial charge in [-0.3, -0.25) is 0 Å². The number of aryl methyl sites for hydroxylation is 1. The topological polar surface area (TPSA) is 92.5 Å². The van der Waals surface area contributed by atoms with Gasteiger partial charge in [0.05, 0.1) is 11.0 Å². The first-order valence-corrected chi connectivity index (χ1v) is 8.53. The molecule has 1 saturated carbocycles. The molecule has 2 heterocycles. The molecule has 0 aliphatic heterocycles. The number of imidazole rings is 1. The van der Waals surface area contributed by atoms with Gasteiger partial charge < -0.3 is 16.0 Å². The zero-order chi connectivity index (χ0) is 16.4. The van der Waals surface area contributed by atoms with Gasteiger partial charge in [-0.25, -0.2) is 15.0 Å². The van der Waals surface area contributed by atoms with Gasteiger partial charge in [0.1, 0.15) is 18.0 Å². The van der Waals surface area contributed by atoms with E-state index in [9.17, 15) is 0 Å². The summed E-state index contributed by atoms with van der Waals surface area (Å²) in [6.45, 7) is 0.859. The number of H-pyrrole nitrogens is 1. The molecule has 1 aliphatic carbocycles. The minimum absolute atomic E-state index is 0. The summed E-state index contributed by atoms with van der Waals surface area (Å²) in [6, 6.07) is 10.5. The molecular weight excluding hydrogens is 371 g/mol. The standard InChI is InChI=1S/C18H22N6.2ClH/c19-13-8-12(9-13)16-10-18(22-11-21-16)20-7-3-6-17-23-14-4-1-2-5-15(14)24-17;;/h1-2,4-5,10-13H,3,6-9,19H2,(H,23,24)(H,20,21,22);2*1H. The number of hydrogen-bond acceptors (Lipinski definition) is 5. The summed E-state index contributed by atoms with van der Waals surface area (Å²) < 4.78 is 0. The van der Waals surface area contributed by atoms with Crippen LogP contribution in [0.1, 0.15) is 36.7 Å². The second-order valence-electron chi connectivity index (χ2n) is 6.49. The number of aromatic amines is 1. The number of fused-ring (bicyclic) bond motifs is 1. The van der Waals surface area contributed by atoms with Crippen molar-refractivity contribution in [3.05, 3.63) is 48.2 Å². The average molecular weight is 395 g/mol. The third-order valence-electron chi connectivity index (χ3n) is 4.62. The van der Waals surface area contributed by atoms with E-state index >= 15 is 0 Å². The fraction of sp³-hybridized carbons (Fsp3) is 0.389. The normalized spacial score (nSPS) is 18.5. The van der Waals surface area contributed by atoms with Gasteiger partial charge >= 0.3 is 0 Å². The molecule has 0 atom stereocenters. The summed E-state index contributed by atoms with van der Waals surface area (Å²) in [6.07, 6.45) is 5.61. The number of hydrogen-bond donors (Lipinski definition) is 3. The molecule has 3 aromatic rings. The number of nitrogens with two attached hydrogens (primary N) is 1. The summed E-state index contributed by atoms with van der Waals surface area (Å²) in [5.41, 5.74) is 9.09. The quantitative estimate of drug-likeness (QED) is 0.556. The fourth-order valence-electron chi connectivity index (χ4n) is 3.19. The molecule has 0 saturated heterocycles. The molecule has 4 N–H and O–H groups in total. The van der Waals surface area contributed by atoms with E-state index in [2.05, 4.69) is 37.4 Å². The molecule has 0 bridgehead atoms. The largest absolute Gasteiger partial charge is 0.370 e. The van der Waals surface area contributed by atoms with Crippen LogP contribution in [0.5, 0.6) is 0 Å². The zero-order valence-corrected chi connectivity index (χ0v) is 16.0. The van der Waals surface area contributed by atoms with Crippen molar-refractivity contribution in [2.24, 2.45) is 5.73 Å². The maximum Gasteiger partial charge on any atom is 0.129 e. The van der Waals surface area contributed by atoms with E-state index in [1.165, 1.54) is 0 Å². The van der Waals surface area contributed by atoms with E-state index < -0.39 is 0 Å². The van der Waals surface area contributed by atoms with E-state index in [1.807, 2.05) is 18.2 Å². The second kappa shape index (κ2) is 9.16. The number of benzene rings is 1. The monoisotopic (exact) mass is 394 g/mol. The Labute approximate surface area is 165 Å². The van der Waals surface area contributed by atoms with E-state index in [0.29, 0.717) is 12.0 Å². The molecule has 8 heteroatoms. The van der Waals surface area contributed by atoms with E-state index in [0.717, 1.165) is 60.6 Å². The maximum absolute atomic E-state index is 5.86. The predicted molar refractivity (Wildman–Crippen MR) is 109 cm³/mol. The summed E-state index contributed by atoms with van der Waals surface area (Å²) >= 11 is 0. The SMILES string of the molecule is Cl.Cl.NC1CC(c2cc(NCCCc3nc4ccccc4[nH]3)ncn2)C1. The number of nitrogens with zero attached hydrogens (tertiary/aromatic N) is 3. The van der Waals surface area contributed by atoms with Crippen LogP contribution in [0.15, 0.2) is 36.7 Å². The predicted octanol–water partition coefficient (Wildman–Crippen LogP) is 3.45. The Bertz CT molecular complexity index is 798. The van der Waals surface area contributed by atoms with Crippen molar-refractivity contribution in [1.29, 1.82) is 0 Å². The van der Waals surface area contributed by atoms with Crippen LogP contribution in [0.4, 0.5) is 5.82 Å². The van der Waals surface area contributed by atoms with Gasteiger partial charge in [-0.15, -0.1) is 24.8 Å². The lowest BCUT2D eigenvalue weighted by molar-refractivity contribution is 0.345. The molecule has 1 fully saturated rings. The van der Waals surface area contributed by atoms with Crippen LogP contribution in [0.2, 0.25) is 0 Å². The number of halogens is 2. The summed E-state index contributed by atoms with van der Waals surface area (Å²) in [5, 5.41) is 3.38. The molecule has 0 amide bonds. The fourth-order valence-corrected chi connectivity index (χ4v) is 3.19. The maximum atomic E-state index is 5.86. The lowest BCUT2D eigenvalue weighted by atomic mass is 9.79. The molecule has 0 radical (unpaired) electrons. The van der Waals surface area contributed by atoms with Crippen molar-refractivity contribution in [3.8, 4) is 0 Å². The van der Waals surface area contributed by atoms with Gasteiger partial charge in [-0.05, 0) is 31.4 Å². The molecule has 140 valence electrons. The molecule has 1 aliphatic rings. The number of rotatable bonds is 6. The van der Waals surface area contributed by atoms with Crippen LogP contribution in [0.25, 0.3) is 11.0 Å². The van der Waals surface area contributed by atoms with Crippen molar-refractivity contribution < 1.29 is 0 Å². The van der Waals surface area contributed by atoms with Gasteiger partial charge in [0.2, 0.25) is 0 Å². The first kappa shape index (κ1) is 20.4. The zero-order valence-electron chi connectivity index (χ0n) is 14.4. The van der Waals surface area contributed by atoms with Crippen molar-refractivity contribution in [1.82, 2.24) is 19.9 Å².